The van der Waals surface area contributed by atoms with Gasteiger partial charge in [0.15, 0.2) is 0 Å². The van der Waals surface area contributed by atoms with Crippen LogP contribution in [0.1, 0.15) is 50.2 Å². The van der Waals surface area contributed by atoms with E-state index in [1.807, 2.05) is 11.8 Å². The van der Waals surface area contributed by atoms with Gasteiger partial charge in [-0.3, -0.25) is 4.79 Å². The fraction of sp³-hybridized carbons (Fsp3) is 0.435. The molecule has 3 N–H and O–H groups in total. The minimum absolute atomic E-state index is 0.136. The van der Waals surface area contributed by atoms with E-state index in [2.05, 4.69) is 49.0 Å². The number of thioether (sulfide) groups is 2. The van der Waals surface area contributed by atoms with Crippen molar-refractivity contribution in [1.29, 1.82) is 0 Å². The average molecular weight is 437 g/mol. The van der Waals surface area contributed by atoms with Crippen LogP contribution in [0, 0.1) is 0 Å². The number of hydrogen-bond donors (Lipinski definition) is 3. The standard InChI is InChI=1S/C22H30O2S2.CH2O2/c1-2-3-5-10-22(26-17-18-8-6-4-7-9-18)11-12-25-16-19-13-20(23)15-21(24)14-19;2-1-3/h4,6-9,13-15,22-24H,2-3,5,10-12,16-17H2,1H3;1H,(H,2,3). The smallest absolute Gasteiger partial charge is 0.290 e. The first kappa shape index (κ1) is 25.2. The Kier molecular flexibility index (Phi) is 14.0. The predicted octanol–water partition coefficient (Wildman–Crippen LogP) is 6.30. The molecular weight excluding hydrogens is 404 g/mol. The highest BCUT2D eigenvalue weighted by molar-refractivity contribution is 7.99. The van der Waals surface area contributed by atoms with Crippen molar-refractivity contribution in [3.63, 3.8) is 0 Å². The van der Waals surface area contributed by atoms with Gasteiger partial charge in [-0.2, -0.15) is 23.5 Å². The molecule has 0 heterocycles. The third-order valence-electron chi connectivity index (χ3n) is 4.27. The molecule has 160 valence electrons. The molecule has 0 aliphatic heterocycles. The largest absolute Gasteiger partial charge is 0.508 e. The summed E-state index contributed by atoms with van der Waals surface area (Å²) in [5, 5.41) is 26.7. The van der Waals surface area contributed by atoms with Crippen LogP contribution in [0.2, 0.25) is 0 Å². The normalized spacial score (nSPS) is 11.3. The van der Waals surface area contributed by atoms with Gasteiger partial charge in [0.2, 0.25) is 0 Å². The summed E-state index contributed by atoms with van der Waals surface area (Å²) in [6, 6.07) is 15.6. The van der Waals surface area contributed by atoms with Crippen LogP contribution in [0.15, 0.2) is 48.5 Å². The second kappa shape index (κ2) is 16.1. The fourth-order valence-electron chi connectivity index (χ4n) is 2.87. The van der Waals surface area contributed by atoms with Crippen molar-refractivity contribution in [2.45, 2.75) is 55.8 Å². The molecule has 0 fully saturated rings. The summed E-state index contributed by atoms with van der Waals surface area (Å²) in [7, 11) is 0. The molecule has 29 heavy (non-hydrogen) atoms. The van der Waals surface area contributed by atoms with E-state index in [4.69, 9.17) is 9.90 Å². The van der Waals surface area contributed by atoms with Crippen LogP contribution in [0.3, 0.4) is 0 Å². The predicted molar refractivity (Wildman–Crippen MR) is 125 cm³/mol. The number of aromatic hydroxyl groups is 2. The molecule has 0 saturated heterocycles. The summed E-state index contributed by atoms with van der Waals surface area (Å²) in [6.07, 6.45) is 6.40. The quantitative estimate of drug-likeness (QED) is 0.267. The molecule has 0 aromatic heterocycles. The number of carbonyl (C=O) groups is 1. The van der Waals surface area contributed by atoms with Gasteiger partial charge in [0, 0.05) is 22.8 Å². The molecule has 0 bridgehead atoms. The summed E-state index contributed by atoms with van der Waals surface area (Å²) in [5.41, 5.74) is 2.38. The molecule has 0 spiro atoms. The van der Waals surface area contributed by atoms with Crippen molar-refractivity contribution in [2.75, 3.05) is 5.75 Å². The maximum Gasteiger partial charge on any atom is 0.290 e. The zero-order chi connectivity index (χ0) is 21.3. The summed E-state index contributed by atoms with van der Waals surface area (Å²) in [5.74, 6) is 3.29. The second-order valence-corrected chi connectivity index (χ2v) is 9.11. The van der Waals surface area contributed by atoms with Gasteiger partial charge < -0.3 is 15.3 Å². The number of carboxylic acid groups (broad SMARTS) is 1. The Bertz CT molecular complexity index is 660. The SMILES string of the molecule is CCCCCC(CCSCc1cc(O)cc(O)c1)SCc1ccccc1.O=CO. The Morgan fingerprint density at radius 3 is 2.21 bits per heavy atom. The molecular formula is C23H32O4S2. The second-order valence-electron chi connectivity index (χ2n) is 6.72. The summed E-state index contributed by atoms with van der Waals surface area (Å²) in [4.78, 5) is 8.36. The lowest BCUT2D eigenvalue weighted by Gasteiger charge is -2.16. The maximum atomic E-state index is 9.56. The highest BCUT2D eigenvalue weighted by Crippen LogP contribution is 2.28. The Morgan fingerprint density at radius 2 is 1.59 bits per heavy atom. The van der Waals surface area contributed by atoms with Gasteiger partial charge in [-0.1, -0.05) is 56.5 Å². The van der Waals surface area contributed by atoms with E-state index in [1.54, 1.807) is 12.1 Å². The van der Waals surface area contributed by atoms with E-state index in [-0.39, 0.29) is 18.0 Å². The van der Waals surface area contributed by atoms with E-state index in [0.717, 1.165) is 22.8 Å². The van der Waals surface area contributed by atoms with Gasteiger partial charge in [-0.25, -0.2) is 0 Å². The summed E-state index contributed by atoms with van der Waals surface area (Å²) in [6.45, 7) is 2.01. The Balaban J connectivity index is 0.00000132. The molecule has 4 nitrogen and oxygen atoms in total. The van der Waals surface area contributed by atoms with E-state index in [9.17, 15) is 10.2 Å². The highest BCUT2D eigenvalue weighted by Gasteiger charge is 2.10. The minimum Gasteiger partial charge on any atom is -0.508 e. The first-order valence-electron chi connectivity index (χ1n) is 9.92. The minimum atomic E-state index is -0.250. The first-order chi connectivity index (χ1) is 14.1. The Morgan fingerprint density at radius 1 is 0.931 bits per heavy atom. The molecule has 2 rings (SSSR count). The van der Waals surface area contributed by atoms with E-state index >= 15 is 0 Å². The number of benzene rings is 2. The van der Waals surface area contributed by atoms with Crippen LogP contribution in [-0.2, 0) is 16.3 Å². The topological polar surface area (TPSA) is 77.8 Å². The molecule has 0 saturated carbocycles. The lowest BCUT2D eigenvalue weighted by atomic mass is 10.1. The van der Waals surface area contributed by atoms with Gasteiger partial charge >= 0.3 is 0 Å². The third kappa shape index (κ3) is 12.4. The van der Waals surface area contributed by atoms with Gasteiger partial charge in [-0.05, 0) is 41.9 Å². The number of phenolic OH excluding ortho intramolecular Hbond substituents is 2. The van der Waals surface area contributed by atoms with Crippen LogP contribution in [0.4, 0.5) is 0 Å². The molecule has 1 unspecified atom stereocenters. The summed E-state index contributed by atoms with van der Waals surface area (Å²) < 4.78 is 0. The Labute approximate surface area is 182 Å². The van der Waals surface area contributed by atoms with Crippen molar-refractivity contribution < 1.29 is 20.1 Å². The molecule has 1 atom stereocenters. The molecule has 6 heteroatoms. The van der Waals surface area contributed by atoms with Crippen molar-refractivity contribution >= 4 is 30.0 Å². The molecule has 0 aliphatic carbocycles. The van der Waals surface area contributed by atoms with E-state index < -0.39 is 0 Å². The maximum absolute atomic E-state index is 9.56. The number of hydrogen-bond acceptors (Lipinski definition) is 5. The number of phenols is 2. The lowest BCUT2D eigenvalue weighted by molar-refractivity contribution is -0.122. The zero-order valence-electron chi connectivity index (χ0n) is 17.0. The number of rotatable bonds is 12. The van der Waals surface area contributed by atoms with E-state index in [0.29, 0.717) is 5.25 Å². The van der Waals surface area contributed by atoms with Crippen LogP contribution < -0.4 is 0 Å². The summed E-state index contributed by atoms with van der Waals surface area (Å²) >= 11 is 3.96. The fourth-order valence-corrected chi connectivity index (χ4v) is 5.25. The van der Waals surface area contributed by atoms with Gasteiger partial charge in [-0.15, -0.1) is 0 Å². The van der Waals surface area contributed by atoms with Crippen molar-refractivity contribution in [3.8, 4) is 11.5 Å². The Hall–Kier alpha value is -1.79. The van der Waals surface area contributed by atoms with E-state index in [1.165, 1.54) is 43.7 Å². The van der Waals surface area contributed by atoms with Crippen molar-refractivity contribution in [3.05, 3.63) is 59.7 Å². The van der Waals surface area contributed by atoms with Crippen LogP contribution in [-0.4, -0.2) is 32.8 Å². The molecule has 0 aliphatic rings. The zero-order valence-corrected chi connectivity index (χ0v) is 18.6. The number of unbranched alkanes of at least 4 members (excludes halogenated alkanes) is 2. The van der Waals surface area contributed by atoms with Gasteiger partial charge in [0.1, 0.15) is 11.5 Å². The van der Waals surface area contributed by atoms with Crippen LogP contribution in [0.25, 0.3) is 0 Å². The van der Waals surface area contributed by atoms with Crippen LogP contribution in [0.5, 0.6) is 11.5 Å². The first-order valence-corrected chi connectivity index (χ1v) is 12.1. The van der Waals surface area contributed by atoms with Crippen molar-refractivity contribution in [1.82, 2.24) is 0 Å². The van der Waals surface area contributed by atoms with Crippen LogP contribution >= 0.6 is 23.5 Å². The molecule has 0 amide bonds. The monoisotopic (exact) mass is 436 g/mol. The molecule has 2 aromatic rings. The van der Waals surface area contributed by atoms with Gasteiger partial charge in [0.25, 0.3) is 6.47 Å². The molecule has 2 aromatic carbocycles. The average Bonchev–Trinajstić information content (AvgIpc) is 2.69. The molecule has 0 radical (unpaired) electrons. The highest BCUT2D eigenvalue weighted by atomic mass is 32.2. The lowest BCUT2D eigenvalue weighted by Crippen LogP contribution is -2.05. The third-order valence-corrected chi connectivity index (χ3v) is 6.78. The van der Waals surface area contributed by atoms with Crippen molar-refractivity contribution in [2.24, 2.45) is 0 Å². The van der Waals surface area contributed by atoms with Gasteiger partial charge in [0.05, 0.1) is 0 Å².